The summed E-state index contributed by atoms with van der Waals surface area (Å²) in [4.78, 5) is 4.29. The first-order valence-corrected chi connectivity index (χ1v) is 6.73. The molecule has 1 aromatic heterocycles. The van der Waals surface area contributed by atoms with E-state index in [1.807, 2.05) is 50.2 Å². The highest BCUT2D eigenvalue weighted by Crippen LogP contribution is 2.30. The van der Waals surface area contributed by atoms with E-state index in [9.17, 15) is 0 Å². The van der Waals surface area contributed by atoms with Crippen molar-refractivity contribution in [2.24, 2.45) is 0 Å². The van der Waals surface area contributed by atoms with Crippen molar-refractivity contribution in [1.82, 2.24) is 4.98 Å². The number of aromatic nitrogens is 1. The molecule has 0 bridgehead atoms. The number of hydrogen-bond acceptors (Lipinski definition) is 3. The Labute approximate surface area is 119 Å². The van der Waals surface area contributed by atoms with E-state index in [4.69, 9.17) is 9.15 Å². The molecule has 0 N–H and O–H groups in total. The van der Waals surface area contributed by atoms with Crippen LogP contribution in [0.3, 0.4) is 0 Å². The molecule has 96 valence electrons. The minimum absolute atomic E-state index is 0.266. The number of para-hydroxylation sites is 2. The van der Waals surface area contributed by atoms with Gasteiger partial charge in [0.2, 0.25) is 0 Å². The molecule has 0 radical (unpaired) electrons. The molecule has 0 atom stereocenters. The van der Waals surface area contributed by atoms with Crippen LogP contribution in [0.25, 0.3) is 11.1 Å². The number of ether oxygens (including phenoxy) is 1. The summed E-state index contributed by atoms with van der Waals surface area (Å²) < 4.78 is 12.3. The highest BCUT2D eigenvalue weighted by Gasteiger charge is 2.09. The van der Waals surface area contributed by atoms with Crippen molar-refractivity contribution in [1.29, 1.82) is 0 Å². The smallest absolute Gasteiger partial charge is 0.400 e. The Morgan fingerprint density at radius 3 is 2.47 bits per heavy atom. The second-order valence-electron chi connectivity index (χ2n) is 4.42. The van der Waals surface area contributed by atoms with Crippen LogP contribution in [-0.2, 0) is 0 Å². The zero-order valence-electron chi connectivity index (χ0n) is 10.6. The molecule has 0 saturated heterocycles. The van der Waals surface area contributed by atoms with Crippen LogP contribution >= 0.6 is 15.9 Å². The maximum atomic E-state index is 5.68. The van der Waals surface area contributed by atoms with Crippen molar-refractivity contribution in [3.63, 3.8) is 0 Å². The number of nitrogens with zero attached hydrogens (tertiary/aromatic N) is 1. The summed E-state index contributed by atoms with van der Waals surface area (Å²) in [6, 6.07) is 11.5. The van der Waals surface area contributed by atoms with Crippen molar-refractivity contribution in [2.75, 3.05) is 0 Å². The fraction of sp³-hybridized carbons (Fsp3) is 0.133. The van der Waals surface area contributed by atoms with Crippen LogP contribution in [-0.4, -0.2) is 4.98 Å². The molecule has 19 heavy (non-hydrogen) atoms. The molecular formula is C15H12BrNO2. The summed E-state index contributed by atoms with van der Waals surface area (Å²) in [5.74, 6) is 0.727. The van der Waals surface area contributed by atoms with Gasteiger partial charge in [-0.3, -0.25) is 0 Å². The number of benzene rings is 2. The molecule has 0 spiro atoms. The second-order valence-corrected chi connectivity index (χ2v) is 5.21. The van der Waals surface area contributed by atoms with E-state index in [2.05, 4.69) is 20.9 Å². The van der Waals surface area contributed by atoms with E-state index < -0.39 is 0 Å². The van der Waals surface area contributed by atoms with Crippen LogP contribution in [0, 0.1) is 13.8 Å². The van der Waals surface area contributed by atoms with Gasteiger partial charge in [0.05, 0.1) is 0 Å². The summed E-state index contributed by atoms with van der Waals surface area (Å²) in [6.45, 7) is 4.05. The van der Waals surface area contributed by atoms with Crippen molar-refractivity contribution >= 4 is 27.0 Å². The average Bonchev–Trinajstić information content (AvgIpc) is 2.78. The predicted octanol–water partition coefficient (Wildman–Crippen LogP) is 5.00. The van der Waals surface area contributed by atoms with Crippen LogP contribution in [0.1, 0.15) is 11.1 Å². The molecule has 3 rings (SSSR count). The van der Waals surface area contributed by atoms with Crippen LogP contribution in [0.5, 0.6) is 11.8 Å². The van der Waals surface area contributed by atoms with Gasteiger partial charge in [-0.05, 0) is 49.2 Å². The lowest BCUT2D eigenvalue weighted by molar-refractivity contribution is 0.343. The molecule has 0 amide bonds. The average molecular weight is 318 g/mol. The highest BCUT2D eigenvalue weighted by molar-refractivity contribution is 9.10. The van der Waals surface area contributed by atoms with Gasteiger partial charge in [-0.25, -0.2) is 0 Å². The first-order chi connectivity index (χ1) is 9.13. The predicted molar refractivity (Wildman–Crippen MR) is 77.7 cm³/mol. The Morgan fingerprint density at radius 2 is 1.79 bits per heavy atom. The molecule has 0 unspecified atom stereocenters. The Bertz CT molecular complexity index is 693. The fourth-order valence-electron chi connectivity index (χ4n) is 1.96. The molecule has 3 aromatic rings. The number of fused-ring (bicyclic) bond motifs is 1. The van der Waals surface area contributed by atoms with Crippen LogP contribution in [0.2, 0.25) is 0 Å². The minimum Gasteiger partial charge on any atom is -0.411 e. The monoisotopic (exact) mass is 317 g/mol. The Kier molecular flexibility index (Phi) is 3.03. The molecular weight excluding hydrogens is 306 g/mol. The van der Waals surface area contributed by atoms with Gasteiger partial charge in [-0.15, -0.1) is 0 Å². The number of rotatable bonds is 2. The van der Waals surface area contributed by atoms with Gasteiger partial charge in [0.1, 0.15) is 11.3 Å². The van der Waals surface area contributed by atoms with Crippen molar-refractivity contribution in [2.45, 2.75) is 13.8 Å². The first kappa shape index (κ1) is 12.2. The zero-order chi connectivity index (χ0) is 13.4. The molecule has 3 nitrogen and oxygen atoms in total. The zero-order valence-corrected chi connectivity index (χ0v) is 12.2. The maximum absolute atomic E-state index is 5.68. The lowest BCUT2D eigenvalue weighted by atomic mass is 10.1. The van der Waals surface area contributed by atoms with Gasteiger partial charge >= 0.3 is 6.08 Å². The lowest BCUT2D eigenvalue weighted by Gasteiger charge is -2.06. The third-order valence-corrected chi connectivity index (χ3v) is 4.14. The largest absolute Gasteiger partial charge is 0.411 e. The van der Waals surface area contributed by atoms with Gasteiger partial charge in [-0.1, -0.05) is 28.1 Å². The van der Waals surface area contributed by atoms with E-state index in [1.54, 1.807) is 0 Å². The standard InChI is InChI=1S/C15H12BrNO2/c1-9-7-11(8-10(2)14(9)16)18-15-17-12-5-3-4-6-13(12)19-15/h3-8H,1-2H3. The molecule has 1 heterocycles. The second kappa shape index (κ2) is 4.70. The molecule has 2 aromatic carbocycles. The summed E-state index contributed by atoms with van der Waals surface area (Å²) in [6.07, 6.45) is 0.266. The van der Waals surface area contributed by atoms with Gasteiger partial charge in [0, 0.05) is 4.47 Å². The van der Waals surface area contributed by atoms with E-state index in [1.165, 1.54) is 0 Å². The summed E-state index contributed by atoms with van der Waals surface area (Å²) >= 11 is 3.53. The van der Waals surface area contributed by atoms with E-state index >= 15 is 0 Å². The Hall–Kier alpha value is -1.81. The fourth-order valence-corrected chi connectivity index (χ4v) is 2.19. The highest BCUT2D eigenvalue weighted by atomic mass is 79.9. The quantitative estimate of drug-likeness (QED) is 0.667. The van der Waals surface area contributed by atoms with E-state index in [0.717, 1.165) is 32.4 Å². The molecule has 0 aliphatic rings. The van der Waals surface area contributed by atoms with Gasteiger partial charge in [-0.2, -0.15) is 4.98 Å². The number of aryl methyl sites for hydroxylation is 2. The van der Waals surface area contributed by atoms with Crippen molar-refractivity contribution in [3.05, 3.63) is 52.0 Å². The van der Waals surface area contributed by atoms with E-state index in [-0.39, 0.29) is 6.08 Å². The third-order valence-electron chi connectivity index (χ3n) is 2.89. The summed E-state index contributed by atoms with van der Waals surface area (Å²) in [5.41, 5.74) is 3.75. The number of hydrogen-bond donors (Lipinski definition) is 0. The Balaban J connectivity index is 1.96. The van der Waals surface area contributed by atoms with Crippen molar-refractivity contribution < 1.29 is 9.15 Å². The molecule has 4 heteroatoms. The number of halogens is 1. The molecule has 0 saturated carbocycles. The maximum Gasteiger partial charge on any atom is 0.400 e. The summed E-state index contributed by atoms with van der Waals surface area (Å²) in [5, 5.41) is 0. The van der Waals surface area contributed by atoms with Gasteiger partial charge < -0.3 is 9.15 Å². The topological polar surface area (TPSA) is 35.3 Å². The molecule has 0 fully saturated rings. The third kappa shape index (κ3) is 2.36. The lowest BCUT2D eigenvalue weighted by Crippen LogP contribution is -1.88. The molecule has 0 aliphatic heterocycles. The Morgan fingerprint density at radius 1 is 1.11 bits per heavy atom. The normalized spacial score (nSPS) is 10.9. The van der Waals surface area contributed by atoms with E-state index in [0.29, 0.717) is 0 Å². The van der Waals surface area contributed by atoms with Gasteiger partial charge in [0.25, 0.3) is 0 Å². The molecule has 0 aliphatic carbocycles. The van der Waals surface area contributed by atoms with Crippen molar-refractivity contribution in [3.8, 4) is 11.8 Å². The SMILES string of the molecule is Cc1cc(Oc2nc3ccccc3o2)cc(C)c1Br. The van der Waals surface area contributed by atoms with Crippen LogP contribution in [0.4, 0.5) is 0 Å². The van der Waals surface area contributed by atoms with Crippen LogP contribution in [0.15, 0.2) is 45.3 Å². The van der Waals surface area contributed by atoms with Crippen LogP contribution < -0.4 is 4.74 Å². The summed E-state index contributed by atoms with van der Waals surface area (Å²) in [7, 11) is 0. The van der Waals surface area contributed by atoms with Gasteiger partial charge in [0.15, 0.2) is 5.58 Å². The minimum atomic E-state index is 0.266. The first-order valence-electron chi connectivity index (χ1n) is 5.93. The number of oxazole rings is 1.